The Labute approximate surface area is 135 Å². The number of anilines is 1. The van der Waals surface area contributed by atoms with Gasteiger partial charge in [0.2, 0.25) is 0 Å². The van der Waals surface area contributed by atoms with E-state index in [9.17, 15) is 28.2 Å². The van der Waals surface area contributed by atoms with Crippen molar-refractivity contribution in [2.45, 2.75) is 4.90 Å². The highest BCUT2D eigenvalue weighted by molar-refractivity contribution is 7.86. The summed E-state index contributed by atoms with van der Waals surface area (Å²) in [4.78, 5) is 21.8. The minimum absolute atomic E-state index is 0.00555. The number of aromatic carboxylic acids is 1. The summed E-state index contributed by atoms with van der Waals surface area (Å²) in [5.41, 5.74) is -0.226. The first kappa shape index (κ1) is 17.2. The standard InChI is InChI=1S/C14H11NO8S/c16-10-6-12(24(21,22)23)11(17)5-9(10)13(18)15-8-3-1-7(2-4-8)14(19)20/h1-6,16-17H,(H,15,18)(H,19,20)(H,21,22,23). The zero-order valence-electron chi connectivity index (χ0n) is 11.8. The molecular formula is C14H11NO8S. The third kappa shape index (κ3) is 3.62. The topological polar surface area (TPSA) is 161 Å². The number of carbonyl (C=O) groups excluding carboxylic acids is 1. The number of carbonyl (C=O) groups is 2. The third-order valence-corrected chi connectivity index (χ3v) is 3.87. The van der Waals surface area contributed by atoms with Gasteiger partial charge in [0, 0.05) is 11.8 Å². The van der Waals surface area contributed by atoms with Gasteiger partial charge in [-0.25, -0.2) is 4.79 Å². The molecule has 0 saturated heterocycles. The lowest BCUT2D eigenvalue weighted by Gasteiger charge is -2.09. The van der Waals surface area contributed by atoms with Crippen LogP contribution in [0.2, 0.25) is 0 Å². The molecule has 0 heterocycles. The van der Waals surface area contributed by atoms with Gasteiger partial charge in [0.1, 0.15) is 16.4 Å². The third-order valence-electron chi connectivity index (χ3n) is 2.99. The van der Waals surface area contributed by atoms with Crippen molar-refractivity contribution in [2.24, 2.45) is 0 Å². The van der Waals surface area contributed by atoms with E-state index in [2.05, 4.69) is 5.32 Å². The number of nitrogens with one attached hydrogen (secondary N) is 1. The normalized spacial score (nSPS) is 11.0. The monoisotopic (exact) mass is 353 g/mol. The molecule has 0 radical (unpaired) electrons. The molecule has 0 fully saturated rings. The molecule has 9 nitrogen and oxygen atoms in total. The summed E-state index contributed by atoms with van der Waals surface area (Å²) in [6.07, 6.45) is 0. The molecule has 0 aliphatic carbocycles. The van der Waals surface area contributed by atoms with Gasteiger partial charge in [0.15, 0.2) is 0 Å². The number of carboxylic acids is 1. The lowest BCUT2D eigenvalue weighted by molar-refractivity contribution is 0.0696. The molecule has 0 aliphatic rings. The van der Waals surface area contributed by atoms with E-state index in [1.165, 1.54) is 24.3 Å². The molecule has 0 aromatic heterocycles. The number of aromatic hydroxyl groups is 2. The summed E-state index contributed by atoms with van der Waals surface area (Å²) in [6, 6.07) is 6.33. The van der Waals surface area contributed by atoms with Gasteiger partial charge in [-0.3, -0.25) is 9.35 Å². The zero-order valence-corrected chi connectivity index (χ0v) is 12.6. The molecule has 0 bridgehead atoms. The Bertz CT molecular complexity index is 919. The van der Waals surface area contributed by atoms with Crippen molar-refractivity contribution in [3.63, 3.8) is 0 Å². The Kier molecular flexibility index (Phi) is 4.44. The fourth-order valence-electron chi connectivity index (χ4n) is 1.84. The average Bonchev–Trinajstić information content (AvgIpc) is 2.48. The first-order valence-corrected chi connectivity index (χ1v) is 7.72. The second-order valence-corrected chi connectivity index (χ2v) is 6.04. The van der Waals surface area contributed by atoms with E-state index in [4.69, 9.17) is 9.66 Å². The van der Waals surface area contributed by atoms with Crippen LogP contribution >= 0.6 is 0 Å². The molecule has 0 saturated carbocycles. The molecule has 126 valence electrons. The van der Waals surface area contributed by atoms with Gasteiger partial charge in [0.05, 0.1) is 11.1 Å². The SMILES string of the molecule is O=C(O)c1ccc(NC(=O)c2cc(O)c(S(=O)(=O)O)cc2O)cc1. The van der Waals surface area contributed by atoms with Gasteiger partial charge < -0.3 is 20.6 Å². The molecule has 10 heteroatoms. The van der Waals surface area contributed by atoms with Crippen molar-refractivity contribution >= 4 is 27.7 Å². The van der Waals surface area contributed by atoms with Crippen molar-refractivity contribution in [2.75, 3.05) is 5.32 Å². The van der Waals surface area contributed by atoms with Crippen LogP contribution in [0.3, 0.4) is 0 Å². The van der Waals surface area contributed by atoms with Gasteiger partial charge in [-0.1, -0.05) is 0 Å². The summed E-state index contributed by atoms with van der Waals surface area (Å²) < 4.78 is 30.9. The van der Waals surface area contributed by atoms with E-state index in [-0.39, 0.29) is 11.3 Å². The Balaban J connectivity index is 2.30. The molecule has 2 rings (SSSR count). The fraction of sp³-hybridized carbons (Fsp3) is 0. The molecule has 0 atom stereocenters. The van der Waals surface area contributed by atoms with Gasteiger partial charge in [-0.05, 0) is 30.3 Å². The number of hydrogen-bond acceptors (Lipinski definition) is 6. The van der Waals surface area contributed by atoms with Gasteiger partial charge in [-0.15, -0.1) is 0 Å². The summed E-state index contributed by atoms with van der Waals surface area (Å²) >= 11 is 0. The number of rotatable bonds is 4. The quantitative estimate of drug-likeness (QED) is 0.406. The predicted octanol–water partition coefficient (Wildman–Crippen LogP) is 1.29. The maximum absolute atomic E-state index is 12.1. The lowest BCUT2D eigenvalue weighted by Crippen LogP contribution is -2.13. The van der Waals surface area contributed by atoms with Crippen molar-refractivity contribution in [3.05, 3.63) is 47.5 Å². The van der Waals surface area contributed by atoms with Gasteiger partial charge in [0.25, 0.3) is 16.0 Å². The maximum atomic E-state index is 12.1. The van der Waals surface area contributed by atoms with Crippen molar-refractivity contribution < 1.29 is 37.9 Å². The number of amides is 1. The molecule has 5 N–H and O–H groups in total. The van der Waals surface area contributed by atoms with Crippen LogP contribution in [0, 0.1) is 0 Å². The van der Waals surface area contributed by atoms with Crippen LogP contribution in [0.1, 0.15) is 20.7 Å². The van der Waals surface area contributed by atoms with Crippen LogP contribution < -0.4 is 5.32 Å². The second kappa shape index (κ2) is 6.18. The fourth-order valence-corrected chi connectivity index (χ4v) is 2.42. The number of hydrogen-bond donors (Lipinski definition) is 5. The molecule has 0 spiro atoms. The van der Waals surface area contributed by atoms with E-state index in [0.29, 0.717) is 12.1 Å². The Morgan fingerprint density at radius 1 is 0.958 bits per heavy atom. The van der Waals surface area contributed by atoms with E-state index < -0.39 is 44.0 Å². The molecule has 2 aromatic carbocycles. The van der Waals surface area contributed by atoms with E-state index in [1.807, 2.05) is 0 Å². The average molecular weight is 353 g/mol. The van der Waals surface area contributed by atoms with Crippen LogP contribution in [0.25, 0.3) is 0 Å². The van der Waals surface area contributed by atoms with E-state index >= 15 is 0 Å². The maximum Gasteiger partial charge on any atom is 0.335 e. The molecule has 0 aliphatic heterocycles. The highest BCUT2D eigenvalue weighted by Crippen LogP contribution is 2.31. The summed E-state index contributed by atoms with van der Waals surface area (Å²) in [5.74, 6) is -3.72. The molecule has 24 heavy (non-hydrogen) atoms. The van der Waals surface area contributed by atoms with Crippen molar-refractivity contribution in [3.8, 4) is 11.5 Å². The minimum atomic E-state index is -4.77. The highest BCUT2D eigenvalue weighted by Gasteiger charge is 2.21. The molecule has 1 amide bonds. The Hall–Kier alpha value is -3.11. The second-order valence-electron chi connectivity index (χ2n) is 4.65. The first-order chi connectivity index (χ1) is 11.1. The summed E-state index contributed by atoms with van der Waals surface area (Å²) in [6.45, 7) is 0. The number of phenols is 2. The summed E-state index contributed by atoms with van der Waals surface area (Å²) in [7, 11) is -4.77. The lowest BCUT2D eigenvalue weighted by atomic mass is 10.1. The number of benzene rings is 2. The van der Waals surface area contributed by atoms with E-state index in [0.717, 1.165) is 0 Å². The number of phenolic OH excluding ortho intramolecular Hbond substituents is 2. The van der Waals surface area contributed by atoms with Crippen LogP contribution in [-0.4, -0.2) is 40.2 Å². The van der Waals surface area contributed by atoms with Gasteiger partial charge in [-0.2, -0.15) is 8.42 Å². The Morgan fingerprint density at radius 2 is 1.54 bits per heavy atom. The van der Waals surface area contributed by atoms with Crippen LogP contribution in [0.15, 0.2) is 41.3 Å². The predicted molar refractivity (Wildman–Crippen MR) is 80.9 cm³/mol. The summed E-state index contributed by atoms with van der Waals surface area (Å²) in [5, 5.41) is 30.4. The van der Waals surface area contributed by atoms with Crippen molar-refractivity contribution in [1.82, 2.24) is 0 Å². The molecule has 0 unspecified atom stereocenters. The zero-order chi connectivity index (χ0) is 18.1. The minimum Gasteiger partial charge on any atom is -0.507 e. The first-order valence-electron chi connectivity index (χ1n) is 6.28. The highest BCUT2D eigenvalue weighted by atomic mass is 32.2. The largest absolute Gasteiger partial charge is 0.507 e. The van der Waals surface area contributed by atoms with Crippen LogP contribution in [0.5, 0.6) is 11.5 Å². The van der Waals surface area contributed by atoms with E-state index in [1.54, 1.807) is 0 Å². The Morgan fingerprint density at radius 3 is 2.04 bits per heavy atom. The van der Waals surface area contributed by atoms with Crippen molar-refractivity contribution in [1.29, 1.82) is 0 Å². The van der Waals surface area contributed by atoms with Gasteiger partial charge >= 0.3 is 5.97 Å². The van der Waals surface area contributed by atoms with Crippen LogP contribution in [0.4, 0.5) is 5.69 Å². The number of carboxylic acid groups (broad SMARTS) is 1. The molecular weight excluding hydrogens is 342 g/mol. The smallest absolute Gasteiger partial charge is 0.335 e. The molecule has 2 aromatic rings. The van der Waals surface area contributed by atoms with Crippen LogP contribution in [-0.2, 0) is 10.1 Å².